The molecule has 194 valence electrons. The summed E-state index contributed by atoms with van der Waals surface area (Å²) in [6, 6.07) is 8.22. The van der Waals surface area contributed by atoms with Crippen molar-refractivity contribution in [3.8, 4) is 17.0 Å². The van der Waals surface area contributed by atoms with Gasteiger partial charge in [0.1, 0.15) is 12.3 Å². The van der Waals surface area contributed by atoms with E-state index in [2.05, 4.69) is 39.5 Å². The van der Waals surface area contributed by atoms with E-state index in [1.54, 1.807) is 0 Å². The topological polar surface area (TPSA) is 82.2 Å². The van der Waals surface area contributed by atoms with E-state index in [9.17, 15) is 4.79 Å². The van der Waals surface area contributed by atoms with E-state index in [0.29, 0.717) is 25.7 Å². The number of morpholine rings is 1. The number of aromatic nitrogens is 1. The number of carbonyl (C=O) groups is 1. The average molecular weight is 495 g/mol. The number of rotatable bonds is 7. The number of nitrogens with one attached hydrogen (secondary N) is 2. The van der Waals surface area contributed by atoms with Crippen LogP contribution in [0.1, 0.15) is 18.4 Å². The van der Waals surface area contributed by atoms with Crippen LogP contribution in [0.5, 0.6) is 5.88 Å². The summed E-state index contributed by atoms with van der Waals surface area (Å²) in [5.74, 6) is 0.673. The van der Waals surface area contributed by atoms with Crippen LogP contribution in [-0.2, 0) is 4.74 Å². The summed E-state index contributed by atoms with van der Waals surface area (Å²) in [5, 5.41) is 6.47. The van der Waals surface area contributed by atoms with Crippen LogP contribution in [0.25, 0.3) is 11.1 Å². The molecule has 1 aromatic heterocycles. The van der Waals surface area contributed by atoms with Crippen LogP contribution >= 0.6 is 0 Å². The van der Waals surface area contributed by atoms with E-state index < -0.39 is 0 Å². The lowest BCUT2D eigenvalue weighted by molar-refractivity contribution is 0.122. The number of piperazine rings is 1. The van der Waals surface area contributed by atoms with Crippen molar-refractivity contribution in [2.75, 3.05) is 88.9 Å². The van der Waals surface area contributed by atoms with Crippen LogP contribution in [0.3, 0.4) is 0 Å². The summed E-state index contributed by atoms with van der Waals surface area (Å²) in [6.07, 6.45) is 4.04. The van der Waals surface area contributed by atoms with Gasteiger partial charge in [0.25, 0.3) is 0 Å². The fourth-order valence-electron chi connectivity index (χ4n) is 5.07. The number of ether oxygens (including phenoxy) is 2. The Kier molecular flexibility index (Phi) is 8.20. The Hall–Kier alpha value is -2.88. The second-order valence-electron chi connectivity index (χ2n) is 9.74. The molecule has 5 rings (SSSR count). The Morgan fingerprint density at radius 1 is 1.08 bits per heavy atom. The van der Waals surface area contributed by atoms with Crippen LogP contribution in [-0.4, -0.2) is 99.5 Å². The lowest BCUT2D eigenvalue weighted by atomic mass is 10.0. The van der Waals surface area contributed by atoms with E-state index in [1.165, 1.54) is 0 Å². The summed E-state index contributed by atoms with van der Waals surface area (Å²) in [5.41, 5.74) is 5.01. The second-order valence-corrected chi connectivity index (χ2v) is 9.74. The maximum Gasteiger partial charge on any atom is 0.321 e. The number of hydrogen-bond acceptors (Lipinski definition) is 7. The lowest BCUT2D eigenvalue weighted by Crippen LogP contribution is -2.45. The molecule has 3 fully saturated rings. The molecule has 0 aliphatic carbocycles. The Balaban J connectivity index is 1.35. The highest BCUT2D eigenvalue weighted by Crippen LogP contribution is 2.34. The summed E-state index contributed by atoms with van der Waals surface area (Å²) in [7, 11) is 0. The predicted octanol–water partition coefficient (Wildman–Crippen LogP) is 2.81. The Bertz CT molecular complexity index is 1030. The molecule has 3 saturated heterocycles. The van der Waals surface area contributed by atoms with Gasteiger partial charge in [-0.3, -0.25) is 4.90 Å². The van der Waals surface area contributed by atoms with Gasteiger partial charge in [-0.1, -0.05) is 6.07 Å². The Morgan fingerprint density at radius 3 is 2.64 bits per heavy atom. The van der Waals surface area contributed by atoms with Gasteiger partial charge in [0.15, 0.2) is 0 Å². The second kappa shape index (κ2) is 11.9. The quantitative estimate of drug-likeness (QED) is 0.613. The van der Waals surface area contributed by atoms with Crippen molar-refractivity contribution in [1.82, 2.24) is 20.1 Å². The van der Waals surface area contributed by atoms with Crippen LogP contribution in [0, 0.1) is 6.92 Å². The summed E-state index contributed by atoms with van der Waals surface area (Å²) in [4.78, 5) is 24.0. The first-order chi connectivity index (χ1) is 17.7. The van der Waals surface area contributed by atoms with Gasteiger partial charge in [0.2, 0.25) is 5.88 Å². The van der Waals surface area contributed by atoms with Gasteiger partial charge < -0.3 is 29.9 Å². The molecule has 0 saturated carbocycles. The van der Waals surface area contributed by atoms with Crippen LogP contribution < -0.4 is 20.3 Å². The zero-order chi connectivity index (χ0) is 24.7. The van der Waals surface area contributed by atoms with Crippen molar-refractivity contribution >= 4 is 17.4 Å². The van der Waals surface area contributed by atoms with Crippen molar-refractivity contribution in [2.24, 2.45) is 0 Å². The first-order valence-corrected chi connectivity index (χ1v) is 13.2. The standard InChI is InChI=1S/C27H38N6O3/c1-21-4-5-23(30-27(34)33-8-2-3-9-33)19-24(21)22-18-25(32-13-15-35-16-14-32)26(29-20-22)36-17-12-31-10-6-28-7-11-31/h4-5,18-20,28H,2-3,6-17H2,1H3,(H,30,34). The maximum atomic E-state index is 12.6. The predicted molar refractivity (Wildman–Crippen MR) is 142 cm³/mol. The minimum atomic E-state index is -0.0253. The Labute approximate surface area is 213 Å². The molecule has 1 aromatic carbocycles. The van der Waals surface area contributed by atoms with Gasteiger partial charge in [-0.2, -0.15) is 0 Å². The molecular weight excluding hydrogens is 456 g/mol. The SMILES string of the molecule is Cc1ccc(NC(=O)N2CCCC2)cc1-c1cnc(OCCN2CCNCC2)c(N2CCOCC2)c1. The molecule has 0 spiro atoms. The number of anilines is 2. The third-order valence-electron chi connectivity index (χ3n) is 7.23. The average Bonchev–Trinajstić information content (AvgIpc) is 3.47. The zero-order valence-corrected chi connectivity index (χ0v) is 21.3. The third-order valence-corrected chi connectivity index (χ3v) is 7.23. The van der Waals surface area contributed by atoms with E-state index in [0.717, 1.165) is 99.8 Å². The maximum absolute atomic E-state index is 12.6. The van der Waals surface area contributed by atoms with Crippen molar-refractivity contribution < 1.29 is 14.3 Å². The highest BCUT2D eigenvalue weighted by molar-refractivity contribution is 5.90. The molecule has 4 heterocycles. The first kappa shape index (κ1) is 24.8. The normalized spacial score (nSPS) is 18.9. The molecule has 9 heteroatoms. The van der Waals surface area contributed by atoms with E-state index in [4.69, 9.17) is 14.5 Å². The lowest BCUT2D eigenvalue weighted by Gasteiger charge is -2.31. The molecule has 0 bridgehead atoms. The number of amides is 2. The molecule has 2 N–H and O–H groups in total. The van der Waals surface area contributed by atoms with Crippen molar-refractivity contribution in [3.05, 3.63) is 36.0 Å². The summed E-state index contributed by atoms with van der Waals surface area (Å²) >= 11 is 0. The fourth-order valence-corrected chi connectivity index (χ4v) is 5.07. The first-order valence-electron chi connectivity index (χ1n) is 13.2. The molecule has 3 aliphatic heterocycles. The van der Waals surface area contributed by atoms with Crippen molar-refractivity contribution in [2.45, 2.75) is 19.8 Å². The molecule has 0 atom stereocenters. The molecule has 3 aliphatic rings. The Morgan fingerprint density at radius 2 is 1.86 bits per heavy atom. The van der Waals surface area contributed by atoms with E-state index in [1.807, 2.05) is 23.2 Å². The summed E-state index contributed by atoms with van der Waals surface area (Å²) < 4.78 is 11.8. The largest absolute Gasteiger partial charge is 0.475 e. The molecule has 36 heavy (non-hydrogen) atoms. The van der Waals surface area contributed by atoms with Crippen LogP contribution in [0.15, 0.2) is 30.5 Å². The minimum Gasteiger partial charge on any atom is -0.475 e. The number of carbonyl (C=O) groups excluding carboxylic acids is 1. The monoisotopic (exact) mass is 494 g/mol. The van der Waals surface area contributed by atoms with Crippen molar-refractivity contribution in [3.63, 3.8) is 0 Å². The molecule has 0 unspecified atom stereocenters. The van der Waals surface area contributed by atoms with E-state index >= 15 is 0 Å². The van der Waals surface area contributed by atoms with Gasteiger partial charge in [-0.15, -0.1) is 0 Å². The fraction of sp³-hybridized carbons (Fsp3) is 0.556. The summed E-state index contributed by atoms with van der Waals surface area (Å²) in [6.45, 7) is 12.4. The number of hydrogen-bond donors (Lipinski definition) is 2. The number of urea groups is 1. The van der Waals surface area contributed by atoms with Crippen LogP contribution in [0.2, 0.25) is 0 Å². The number of likely N-dealkylation sites (tertiary alicyclic amines) is 1. The van der Waals surface area contributed by atoms with Gasteiger partial charge in [-0.05, 0) is 49.1 Å². The zero-order valence-electron chi connectivity index (χ0n) is 21.3. The smallest absolute Gasteiger partial charge is 0.321 e. The number of aryl methyl sites for hydroxylation is 1. The van der Waals surface area contributed by atoms with Crippen LogP contribution in [0.4, 0.5) is 16.2 Å². The molecular formula is C27H38N6O3. The number of pyridine rings is 1. The van der Waals surface area contributed by atoms with Gasteiger partial charge in [0.05, 0.1) is 13.2 Å². The molecule has 2 aromatic rings. The van der Waals surface area contributed by atoms with Crippen molar-refractivity contribution in [1.29, 1.82) is 0 Å². The van der Waals surface area contributed by atoms with Gasteiger partial charge >= 0.3 is 6.03 Å². The third kappa shape index (κ3) is 6.08. The molecule has 9 nitrogen and oxygen atoms in total. The minimum absolute atomic E-state index is 0.0253. The van der Waals surface area contributed by atoms with E-state index in [-0.39, 0.29) is 6.03 Å². The highest BCUT2D eigenvalue weighted by Gasteiger charge is 2.21. The number of nitrogens with zero attached hydrogens (tertiary/aromatic N) is 4. The molecule has 2 amide bonds. The van der Waals surface area contributed by atoms with Gasteiger partial charge in [0, 0.05) is 76.4 Å². The molecule has 0 radical (unpaired) electrons. The van der Waals surface area contributed by atoms with Gasteiger partial charge in [-0.25, -0.2) is 9.78 Å². The highest BCUT2D eigenvalue weighted by atomic mass is 16.5. The number of benzene rings is 1.